The molecule has 0 radical (unpaired) electrons. The molecule has 0 aliphatic carbocycles. The van der Waals surface area contributed by atoms with Gasteiger partial charge in [0.1, 0.15) is 11.5 Å². The molecule has 106 valence electrons. The Kier molecular flexibility index (Phi) is 4.67. The molecule has 2 N–H and O–H groups in total. The molecule has 2 nitrogen and oxygen atoms in total. The standard InChI is InChI=1S/C18H22O2/c1-3-5-14-7-9-18(20)16(11-14)12-15-10-13(4-2)6-8-17(15)19/h6-11,19-20H,3-5,12H2,1-2H3. The van der Waals surface area contributed by atoms with Crippen molar-refractivity contribution in [3.8, 4) is 11.5 Å². The van der Waals surface area contributed by atoms with Gasteiger partial charge in [-0.15, -0.1) is 0 Å². The molecule has 0 amide bonds. The van der Waals surface area contributed by atoms with Crippen molar-refractivity contribution >= 4 is 0 Å². The Bertz CT molecular complexity index is 588. The van der Waals surface area contributed by atoms with Gasteiger partial charge in [0.2, 0.25) is 0 Å². The SMILES string of the molecule is CCCc1ccc(O)c(Cc2cc(CC)ccc2O)c1. The summed E-state index contributed by atoms with van der Waals surface area (Å²) in [4.78, 5) is 0. The largest absolute Gasteiger partial charge is 0.508 e. The lowest BCUT2D eigenvalue weighted by atomic mass is 9.98. The van der Waals surface area contributed by atoms with Crippen LogP contribution in [-0.2, 0) is 19.3 Å². The minimum Gasteiger partial charge on any atom is -0.508 e. The first-order valence-electron chi connectivity index (χ1n) is 7.25. The summed E-state index contributed by atoms with van der Waals surface area (Å²) in [5, 5.41) is 20.0. The van der Waals surface area contributed by atoms with Crippen molar-refractivity contribution in [1.29, 1.82) is 0 Å². The average Bonchev–Trinajstić information content (AvgIpc) is 2.45. The van der Waals surface area contributed by atoms with Gasteiger partial charge in [-0.25, -0.2) is 0 Å². The first kappa shape index (κ1) is 14.4. The van der Waals surface area contributed by atoms with E-state index in [0.717, 1.165) is 30.4 Å². The van der Waals surface area contributed by atoms with Crippen LogP contribution in [0, 0.1) is 0 Å². The quantitative estimate of drug-likeness (QED) is 0.854. The maximum atomic E-state index is 10.0. The summed E-state index contributed by atoms with van der Waals surface area (Å²) in [5.74, 6) is 0.591. The van der Waals surface area contributed by atoms with Crippen molar-refractivity contribution in [2.45, 2.75) is 39.5 Å². The van der Waals surface area contributed by atoms with Crippen LogP contribution in [0.25, 0.3) is 0 Å². The van der Waals surface area contributed by atoms with E-state index in [1.807, 2.05) is 24.3 Å². The lowest BCUT2D eigenvalue weighted by Crippen LogP contribution is -1.94. The fraction of sp³-hybridized carbons (Fsp3) is 0.333. The molecular weight excluding hydrogens is 248 g/mol. The molecule has 0 saturated heterocycles. The number of phenols is 2. The highest BCUT2D eigenvalue weighted by atomic mass is 16.3. The lowest BCUT2D eigenvalue weighted by Gasteiger charge is -2.10. The van der Waals surface area contributed by atoms with Gasteiger partial charge in [0, 0.05) is 6.42 Å². The summed E-state index contributed by atoms with van der Waals surface area (Å²) in [6, 6.07) is 11.4. The van der Waals surface area contributed by atoms with Crippen molar-refractivity contribution < 1.29 is 10.2 Å². The van der Waals surface area contributed by atoms with Gasteiger partial charge in [-0.3, -0.25) is 0 Å². The Labute approximate surface area is 120 Å². The van der Waals surface area contributed by atoms with Crippen LogP contribution in [0.4, 0.5) is 0 Å². The average molecular weight is 270 g/mol. The van der Waals surface area contributed by atoms with E-state index in [4.69, 9.17) is 0 Å². The van der Waals surface area contributed by atoms with Gasteiger partial charge in [0.15, 0.2) is 0 Å². The van der Waals surface area contributed by atoms with Gasteiger partial charge < -0.3 is 10.2 Å². The highest BCUT2D eigenvalue weighted by Crippen LogP contribution is 2.27. The number of aromatic hydroxyl groups is 2. The molecule has 0 atom stereocenters. The van der Waals surface area contributed by atoms with Crippen molar-refractivity contribution in [1.82, 2.24) is 0 Å². The van der Waals surface area contributed by atoms with Gasteiger partial charge in [0.25, 0.3) is 0 Å². The number of hydrogen-bond acceptors (Lipinski definition) is 2. The molecule has 2 heteroatoms. The van der Waals surface area contributed by atoms with E-state index in [1.165, 1.54) is 11.1 Å². The molecule has 0 fully saturated rings. The molecule has 0 saturated carbocycles. The third-order valence-electron chi connectivity index (χ3n) is 3.62. The molecule has 2 rings (SSSR count). The summed E-state index contributed by atoms with van der Waals surface area (Å²) in [6.45, 7) is 4.23. The molecule has 0 heterocycles. The molecule has 0 unspecified atom stereocenters. The molecule has 2 aromatic rings. The Balaban J connectivity index is 2.31. The number of hydrogen-bond donors (Lipinski definition) is 2. The van der Waals surface area contributed by atoms with Gasteiger partial charge in [-0.1, -0.05) is 44.5 Å². The molecule has 0 spiro atoms. The zero-order valence-corrected chi connectivity index (χ0v) is 12.2. The van der Waals surface area contributed by atoms with Crippen LogP contribution < -0.4 is 0 Å². The molecule has 0 bridgehead atoms. The third kappa shape index (κ3) is 3.32. The first-order valence-corrected chi connectivity index (χ1v) is 7.25. The van der Waals surface area contributed by atoms with Crippen LogP contribution in [0.15, 0.2) is 36.4 Å². The Hall–Kier alpha value is -1.96. The number of benzene rings is 2. The zero-order valence-electron chi connectivity index (χ0n) is 12.2. The maximum Gasteiger partial charge on any atom is 0.119 e. The highest BCUT2D eigenvalue weighted by Gasteiger charge is 2.08. The van der Waals surface area contributed by atoms with E-state index in [0.29, 0.717) is 17.9 Å². The van der Waals surface area contributed by atoms with Crippen LogP contribution in [0.3, 0.4) is 0 Å². The summed E-state index contributed by atoms with van der Waals surface area (Å²) in [5.41, 5.74) is 4.17. The van der Waals surface area contributed by atoms with E-state index in [9.17, 15) is 10.2 Å². The summed E-state index contributed by atoms with van der Waals surface area (Å²) >= 11 is 0. The van der Waals surface area contributed by atoms with Crippen LogP contribution in [0.5, 0.6) is 11.5 Å². The molecule has 20 heavy (non-hydrogen) atoms. The normalized spacial score (nSPS) is 10.7. The van der Waals surface area contributed by atoms with Crippen LogP contribution >= 0.6 is 0 Å². The minimum atomic E-state index is 0.294. The second-order valence-electron chi connectivity index (χ2n) is 5.21. The zero-order chi connectivity index (χ0) is 14.5. The van der Waals surface area contributed by atoms with Crippen molar-refractivity contribution in [3.63, 3.8) is 0 Å². The molecular formula is C18H22O2. The predicted molar refractivity (Wildman–Crippen MR) is 82.4 cm³/mol. The predicted octanol–water partition coefficient (Wildman–Crippen LogP) is 4.20. The van der Waals surface area contributed by atoms with Crippen LogP contribution in [0.2, 0.25) is 0 Å². The fourth-order valence-corrected chi connectivity index (χ4v) is 2.43. The number of phenolic OH excluding ortho intramolecular Hbond substituents is 2. The van der Waals surface area contributed by atoms with Crippen molar-refractivity contribution in [2.75, 3.05) is 0 Å². The van der Waals surface area contributed by atoms with Gasteiger partial charge >= 0.3 is 0 Å². The van der Waals surface area contributed by atoms with Crippen molar-refractivity contribution in [2.24, 2.45) is 0 Å². The smallest absolute Gasteiger partial charge is 0.119 e. The summed E-state index contributed by atoms with van der Waals surface area (Å²) in [7, 11) is 0. The van der Waals surface area contributed by atoms with E-state index < -0.39 is 0 Å². The van der Waals surface area contributed by atoms with Crippen LogP contribution in [-0.4, -0.2) is 10.2 Å². The molecule has 0 aliphatic heterocycles. The Morgan fingerprint density at radius 3 is 1.90 bits per heavy atom. The summed E-state index contributed by atoms with van der Waals surface area (Å²) < 4.78 is 0. The van der Waals surface area contributed by atoms with E-state index >= 15 is 0 Å². The van der Waals surface area contributed by atoms with Crippen LogP contribution in [0.1, 0.15) is 42.5 Å². The number of aryl methyl sites for hydroxylation is 2. The molecule has 0 aromatic heterocycles. The lowest BCUT2D eigenvalue weighted by molar-refractivity contribution is 0.462. The van der Waals surface area contributed by atoms with E-state index in [-0.39, 0.29) is 0 Å². The Morgan fingerprint density at radius 2 is 1.35 bits per heavy atom. The molecule has 2 aromatic carbocycles. The summed E-state index contributed by atoms with van der Waals surface area (Å²) in [6.07, 6.45) is 3.59. The fourth-order valence-electron chi connectivity index (χ4n) is 2.43. The second-order valence-corrected chi connectivity index (χ2v) is 5.21. The van der Waals surface area contributed by atoms with Gasteiger partial charge in [0.05, 0.1) is 0 Å². The first-order chi connectivity index (χ1) is 9.63. The topological polar surface area (TPSA) is 40.5 Å². The second kappa shape index (κ2) is 6.47. The Morgan fingerprint density at radius 1 is 0.800 bits per heavy atom. The van der Waals surface area contributed by atoms with E-state index in [2.05, 4.69) is 13.8 Å². The van der Waals surface area contributed by atoms with E-state index in [1.54, 1.807) is 12.1 Å². The molecule has 0 aliphatic rings. The third-order valence-corrected chi connectivity index (χ3v) is 3.62. The van der Waals surface area contributed by atoms with Crippen molar-refractivity contribution in [3.05, 3.63) is 58.7 Å². The maximum absolute atomic E-state index is 10.0. The van der Waals surface area contributed by atoms with Gasteiger partial charge in [-0.2, -0.15) is 0 Å². The highest BCUT2D eigenvalue weighted by molar-refractivity contribution is 5.44. The minimum absolute atomic E-state index is 0.294. The monoisotopic (exact) mass is 270 g/mol. The van der Waals surface area contributed by atoms with Gasteiger partial charge in [-0.05, 0) is 47.2 Å². The number of rotatable bonds is 5.